The minimum Gasteiger partial charge on any atom is -0.460 e. The molecular formula is C52H59N6O18P. The van der Waals surface area contributed by atoms with E-state index in [1.54, 1.807) is 54.6 Å². The number of phosphoric ester groups is 1. The number of benzene rings is 3. The number of hydrogen-bond donors (Lipinski definition) is 4. The third-order valence-electron chi connectivity index (χ3n) is 10.6. The van der Waals surface area contributed by atoms with Crippen molar-refractivity contribution in [2.45, 2.75) is 76.3 Å². The molecule has 0 bridgehead atoms. The fourth-order valence-electron chi connectivity index (χ4n) is 6.99. The van der Waals surface area contributed by atoms with Crippen molar-refractivity contribution in [3.63, 3.8) is 0 Å². The fourth-order valence-corrected chi connectivity index (χ4v) is 8.16. The maximum atomic E-state index is 14.3. The molecular weight excluding hydrogens is 1030 g/mol. The first-order valence-electron chi connectivity index (χ1n) is 23.8. The Bertz CT molecular complexity index is 2800. The summed E-state index contributed by atoms with van der Waals surface area (Å²) >= 11 is 0. The van der Waals surface area contributed by atoms with Crippen LogP contribution in [0, 0.1) is 0 Å². The molecule has 5 rings (SSSR count). The van der Waals surface area contributed by atoms with Gasteiger partial charge in [0.25, 0.3) is 0 Å². The summed E-state index contributed by atoms with van der Waals surface area (Å²) in [7, 11) is -4.83. The van der Waals surface area contributed by atoms with Gasteiger partial charge in [0.1, 0.15) is 67.9 Å². The molecule has 2 heterocycles. The quantitative estimate of drug-likeness (QED) is 0.0184. The topological polar surface area (TPSA) is 303 Å². The first kappa shape index (κ1) is 59.6. The van der Waals surface area contributed by atoms with Gasteiger partial charge in [0.05, 0.1) is 26.2 Å². The highest BCUT2D eigenvalue weighted by Gasteiger charge is 2.42. The zero-order chi connectivity index (χ0) is 55.7. The summed E-state index contributed by atoms with van der Waals surface area (Å²) in [4.78, 5) is 108. The Morgan fingerprint density at radius 1 is 0.753 bits per heavy atom. The van der Waals surface area contributed by atoms with Crippen LogP contribution in [-0.2, 0) is 85.2 Å². The second kappa shape index (κ2) is 30.3. The third-order valence-corrected chi connectivity index (χ3v) is 12.0. The smallest absolute Gasteiger partial charge is 0.460 e. The molecule has 24 nitrogen and oxygen atoms in total. The largest absolute Gasteiger partial charge is 0.475 e. The molecule has 1 saturated heterocycles. The van der Waals surface area contributed by atoms with E-state index >= 15 is 0 Å². The standard InChI is InChI=1S/C52H59N6O18P/c1-6-25-68-49(63)34(4)53-48(62)41(32-72-77(67,71-27-8-3)73-33-43-42(74-35(5)59)30-45(76-43)58-24-23-44(56-50(58)64)57-52(66)69-26-7-2)54-47(61)40(28-36-15-11-9-12-16-36)55-51(65)70-31-38-19-21-39(22-20-38)75-46(60)29-37-17-13-10-14-18-37/h6-24,34,40-43,45H,1-3,25-33H2,4-5H3,(H,53,62)(H,54,61)(H,55,65)(H,56,57,64,66)/t34-,40-,41-,42-,43+,45+,77?/m0/s1. The van der Waals surface area contributed by atoms with Gasteiger partial charge < -0.3 is 44.4 Å². The summed E-state index contributed by atoms with van der Waals surface area (Å²) in [6, 6.07) is 20.6. The van der Waals surface area contributed by atoms with Crippen molar-refractivity contribution >= 4 is 55.5 Å². The highest BCUT2D eigenvalue weighted by atomic mass is 31.2. The number of amides is 4. The molecule has 0 spiro atoms. The van der Waals surface area contributed by atoms with E-state index in [4.69, 9.17) is 42.0 Å². The number of ether oxygens (including phenoxy) is 6. The number of alkyl carbamates (subject to hydrolysis) is 1. The molecule has 1 unspecified atom stereocenters. The molecule has 4 N–H and O–H groups in total. The number of carbonyl (C=O) groups is 7. The van der Waals surface area contributed by atoms with Crippen molar-refractivity contribution in [3.05, 3.63) is 162 Å². The van der Waals surface area contributed by atoms with Crippen LogP contribution in [0.5, 0.6) is 5.75 Å². The van der Waals surface area contributed by atoms with Crippen molar-refractivity contribution in [2.75, 3.05) is 38.4 Å². The third kappa shape index (κ3) is 20.1. The van der Waals surface area contributed by atoms with E-state index in [9.17, 15) is 42.9 Å². The summed E-state index contributed by atoms with van der Waals surface area (Å²) in [6.07, 6.45) is -0.463. The van der Waals surface area contributed by atoms with E-state index in [-0.39, 0.29) is 50.7 Å². The second-order valence-corrected chi connectivity index (χ2v) is 18.3. The maximum Gasteiger partial charge on any atom is 0.475 e. The number of anilines is 1. The number of carbonyl (C=O) groups excluding carboxylic acids is 7. The number of rotatable bonds is 29. The van der Waals surface area contributed by atoms with Crippen molar-refractivity contribution < 1.29 is 80.1 Å². The minimum atomic E-state index is -4.83. The van der Waals surface area contributed by atoms with Crippen LogP contribution in [0.2, 0.25) is 0 Å². The summed E-state index contributed by atoms with van der Waals surface area (Å²) < 4.78 is 64.4. The Morgan fingerprint density at radius 2 is 1.40 bits per heavy atom. The molecule has 4 aromatic rings. The van der Waals surface area contributed by atoms with Gasteiger partial charge in [-0.3, -0.25) is 42.6 Å². The lowest BCUT2D eigenvalue weighted by atomic mass is 10.0. The molecule has 77 heavy (non-hydrogen) atoms. The van der Waals surface area contributed by atoms with Crippen LogP contribution >= 0.6 is 7.82 Å². The van der Waals surface area contributed by atoms with Crippen LogP contribution in [-0.4, -0.2) is 115 Å². The number of nitrogens with one attached hydrogen (secondary N) is 4. The molecule has 1 fully saturated rings. The van der Waals surface area contributed by atoms with Gasteiger partial charge in [0.15, 0.2) is 0 Å². The van der Waals surface area contributed by atoms with Crippen molar-refractivity contribution in [2.24, 2.45) is 0 Å². The lowest BCUT2D eigenvalue weighted by Crippen LogP contribution is -2.57. The van der Waals surface area contributed by atoms with Crippen LogP contribution in [0.3, 0.4) is 0 Å². The number of hydrogen-bond acceptors (Lipinski definition) is 19. The lowest BCUT2D eigenvalue weighted by molar-refractivity contribution is -0.150. The average molecular weight is 1090 g/mol. The number of esters is 3. The normalized spacial score (nSPS) is 16.6. The molecule has 0 saturated carbocycles. The number of phosphoric acid groups is 1. The van der Waals surface area contributed by atoms with E-state index in [1.165, 1.54) is 49.5 Å². The van der Waals surface area contributed by atoms with Crippen molar-refractivity contribution in [1.82, 2.24) is 25.5 Å². The van der Waals surface area contributed by atoms with Crippen LogP contribution in [0.1, 0.15) is 43.2 Å². The minimum absolute atomic E-state index is 0.0608. The van der Waals surface area contributed by atoms with Gasteiger partial charge >= 0.3 is 43.6 Å². The van der Waals surface area contributed by atoms with Crippen LogP contribution in [0.4, 0.5) is 15.4 Å². The van der Waals surface area contributed by atoms with Crippen LogP contribution < -0.4 is 31.7 Å². The Morgan fingerprint density at radius 3 is 2.05 bits per heavy atom. The van der Waals surface area contributed by atoms with Gasteiger partial charge in [-0.1, -0.05) is 104 Å². The SMILES string of the molecule is C=CCOC(=O)Nc1ccn([C@H]2C[C@H](OC(C)=O)[C@@H](COP(=O)(OCC=C)OC[C@H](NC(=O)[C@H](Cc3ccccc3)NC(=O)OCc3ccc(OC(=O)Cc4ccccc4)cc3)C(=O)N[C@@H](C)C(=O)OCC=C)O2)c(=O)n1. The van der Waals surface area contributed by atoms with Gasteiger partial charge in [-0.2, -0.15) is 4.98 Å². The zero-order valence-corrected chi connectivity index (χ0v) is 43.0. The maximum absolute atomic E-state index is 14.3. The van der Waals surface area contributed by atoms with Gasteiger partial charge in [-0.25, -0.2) is 23.7 Å². The summed E-state index contributed by atoms with van der Waals surface area (Å²) in [6.45, 7) is 10.3. The van der Waals surface area contributed by atoms with Gasteiger partial charge in [-0.15, -0.1) is 6.58 Å². The monoisotopic (exact) mass is 1090 g/mol. The predicted molar refractivity (Wildman–Crippen MR) is 274 cm³/mol. The average Bonchev–Trinajstić information content (AvgIpc) is 3.81. The van der Waals surface area contributed by atoms with E-state index < -0.39 is 112 Å². The highest BCUT2D eigenvalue weighted by molar-refractivity contribution is 7.48. The summed E-state index contributed by atoms with van der Waals surface area (Å²) in [5.41, 5.74) is 0.989. The van der Waals surface area contributed by atoms with E-state index in [0.29, 0.717) is 11.1 Å². The van der Waals surface area contributed by atoms with E-state index in [1.807, 2.05) is 18.2 Å². The Hall–Kier alpha value is -8.28. The number of nitrogens with zero attached hydrogens (tertiary/aromatic N) is 2. The highest BCUT2D eigenvalue weighted by Crippen LogP contribution is 2.50. The molecule has 25 heteroatoms. The number of aromatic nitrogens is 2. The lowest BCUT2D eigenvalue weighted by Gasteiger charge is -2.26. The molecule has 1 aliphatic heterocycles. The van der Waals surface area contributed by atoms with Crippen molar-refractivity contribution in [3.8, 4) is 5.75 Å². The first-order chi connectivity index (χ1) is 37.0. The second-order valence-electron chi connectivity index (χ2n) is 16.6. The first-order valence-corrected chi connectivity index (χ1v) is 25.2. The fraction of sp³-hybridized carbons (Fsp3) is 0.327. The van der Waals surface area contributed by atoms with Crippen LogP contribution in [0.15, 0.2) is 140 Å². The van der Waals surface area contributed by atoms with Gasteiger partial charge in [-0.05, 0) is 41.8 Å². The van der Waals surface area contributed by atoms with E-state index in [2.05, 4.69) is 46.0 Å². The molecule has 7 atom stereocenters. The van der Waals surface area contributed by atoms with Crippen LogP contribution in [0.25, 0.3) is 0 Å². The summed E-state index contributed by atoms with van der Waals surface area (Å²) in [5, 5.41) is 9.71. The molecule has 0 aliphatic carbocycles. The molecule has 1 aliphatic rings. The van der Waals surface area contributed by atoms with Gasteiger partial charge in [0, 0.05) is 26.0 Å². The Labute approximate surface area is 442 Å². The van der Waals surface area contributed by atoms with E-state index in [0.717, 1.165) is 17.1 Å². The summed E-state index contributed by atoms with van der Waals surface area (Å²) in [5.74, 6) is -3.96. The molecule has 3 aromatic carbocycles. The predicted octanol–water partition coefficient (Wildman–Crippen LogP) is 4.95. The Balaban J connectivity index is 1.30. The molecule has 410 valence electrons. The molecule has 4 amide bonds. The van der Waals surface area contributed by atoms with Crippen molar-refractivity contribution in [1.29, 1.82) is 0 Å². The molecule has 1 aromatic heterocycles. The van der Waals surface area contributed by atoms with Gasteiger partial charge in [0.2, 0.25) is 11.8 Å². The molecule has 0 radical (unpaired) electrons. The Kier molecular flexibility index (Phi) is 23.5. The zero-order valence-electron chi connectivity index (χ0n) is 42.1.